The lowest BCUT2D eigenvalue weighted by Crippen LogP contribution is -1.78. The fourth-order valence-corrected chi connectivity index (χ4v) is 0.946. The minimum atomic E-state index is 1.13. The molecule has 0 bridgehead atoms. The van der Waals surface area contributed by atoms with Gasteiger partial charge in [0.25, 0.3) is 0 Å². The van der Waals surface area contributed by atoms with Gasteiger partial charge in [0.2, 0.25) is 0 Å². The standard InChI is InChI=1S/C12H18/c1-4-7-10-12(9-6-3)11-8-5-2/h4,6-7,9-10H,1,3,5,8,11H2,2H3/b10-7-,12-9+. The number of unbranched alkanes of at least 4 members (excludes halogenated alkanes) is 1. The Kier molecular flexibility index (Phi) is 7.36. The second kappa shape index (κ2) is 8.06. The molecule has 66 valence electrons. The molecule has 0 nitrogen and oxygen atoms in total. The van der Waals surface area contributed by atoms with Gasteiger partial charge in [-0.15, -0.1) is 0 Å². The molecular weight excluding hydrogens is 144 g/mol. The molecule has 0 aromatic carbocycles. The second-order valence-corrected chi connectivity index (χ2v) is 2.68. The van der Waals surface area contributed by atoms with Crippen LogP contribution in [0.3, 0.4) is 0 Å². The molecule has 0 saturated carbocycles. The van der Waals surface area contributed by atoms with Crippen LogP contribution in [0.25, 0.3) is 0 Å². The molecule has 0 aliphatic rings. The van der Waals surface area contributed by atoms with E-state index in [2.05, 4.69) is 32.2 Å². The number of allylic oxidation sites excluding steroid dienone is 6. The van der Waals surface area contributed by atoms with Crippen molar-refractivity contribution in [3.05, 3.63) is 49.1 Å². The Balaban J connectivity index is 4.03. The fraction of sp³-hybridized carbons (Fsp3) is 0.333. The SMILES string of the molecule is C=C/C=C\C(=C/C=C)CCCC. The molecule has 0 rings (SSSR count). The van der Waals surface area contributed by atoms with Crippen molar-refractivity contribution in [3.63, 3.8) is 0 Å². The largest absolute Gasteiger partial charge is 0.0991 e. The predicted molar refractivity (Wildman–Crippen MR) is 57.1 cm³/mol. The van der Waals surface area contributed by atoms with E-state index in [1.165, 1.54) is 18.4 Å². The lowest BCUT2D eigenvalue weighted by atomic mass is 10.1. The molecule has 0 aromatic rings. The first-order valence-corrected chi connectivity index (χ1v) is 4.45. The van der Waals surface area contributed by atoms with E-state index in [1.54, 1.807) is 6.08 Å². The van der Waals surface area contributed by atoms with Gasteiger partial charge in [-0.25, -0.2) is 0 Å². The summed E-state index contributed by atoms with van der Waals surface area (Å²) in [6, 6.07) is 0. The molecule has 0 spiro atoms. The summed E-state index contributed by atoms with van der Waals surface area (Å²) in [4.78, 5) is 0. The molecule has 12 heavy (non-hydrogen) atoms. The smallest absolute Gasteiger partial charge is 0.0279 e. The van der Waals surface area contributed by atoms with Crippen LogP contribution in [0.4, 0.5) is 0 Å². The molecule has 0 heteroatoms. The minimum absolute atomic E-state index is 1.13. The Labute approximate surface area is 76.0 Å². The van der Waals surface area contributed by atoms with E-state index >= 15 is 0 Å². The third-order valence-corrected chi connectivity index (χ3v) is 1.60. The monoisotopic (exact) mass is 162 g/mol. The molecule has 0 atom stereocenters. The van der Waals surface area contributed by atoms with Crippen molar-refractivity contribution in [1.29, 1.82) is 0 Å². The summed E-state index contributed by atoms with van der Waals surface area (Å²) in [5.74, 6) is 0. The average molecular weight is 162 g/mol. The number of hydrogen-bond donors (Lipinski definition) is 0. The van der Waals surface area contributed by atoms with Crippen LogP contribution in [-0.2, 0) is 0 Å². The van der Waals surface area contributed by atoms with Gasteiger partial charge in [-0.3, -0.25) is 0 Å². The van der Waals surface area contributed by atoms with Crippen LogP contribution < -0.4 is 0 Å². The number of hydrogen-bond acceptors (Lipinski definition) is 0. The van der Waals surface area contributed by atoms with E-state index in [1.807, 2.05) is 12.2 Å². The van der Waals surface area contributed by atoms with Crippen LogP contribution in [0.1, 0.15) is 26.2 Å². The minimum Gasteiger partial charge on any atom is -0.0991 e. The van der Waals surface area contributed by atoms with Crippen LogP contribution in [-0.4, -0.2) is 0 Å². The first-order chi connectivity index (χ1) is 5.85. The van der Waals surface area contributed by atoms with Crippen molar-refractivity contribution in [2.75, 3.05) is 0 Å². The molecule has 0 saturated heterocycles. The van der Waals surface area contributed by atoms with Crippen molar-refractivity contribution < 1.29 is 0 Å². The quantitative estimate of drug-likeness (QED) is 0.517. The normalized spacial score (nSPS) is 11.9. The summed E-state index contributed by atoms with van der Waals surface area (Å²) in [6.45, 7) is 9.51. The van der Waals surface area contributed by atoms with Gasteiger partial charge in [0.05, 0.1) is 0 Å². The Hall–Kier alpha value is -1.04. The highest BCUT2D eigenvalue weighted by molar-refractivity contribution is 5.24. The zero-order valence-corrected chi connectivity index (χ0v) is 7.92. The van der Waals surface area contributed by atoms with Crippen molar-refractivity contribution in [2.24, 2.45) is 0 Å². The molecule has 0 aromatic heterocycles. The van der Waals surface area contributed by atoms with E-state index in [4.69, 9.17) is 0 Å². The summed E-state index contributed by atoms with van der Waals surface area (Å²) in [5.41, 5.74) is 1.33. The first-order valence-electron chi connectivity index (χ1n) is 4.45. The Morgan fingerprint density at radius 1 is 1.25 bits per heavy atom. The zero-order chi connectivity index (χ0) is 9.23. The predicted octanol–water partition coefficient (Wildman–Crippen LogP) is 4.03. The highest BCUT2D eigenvalue weighted by atomic mass is 13.9. The van der Waals surface area contributed by atoms with Crippen LogP contribution in [0.15, 0.2) is 49.1 Å². The number of rotatable bonds is 6. The maximum absolute atomic E-state index is 3.68. The molecule has 0 fully saturated rings. The third kappa shape index (κ3) is 5.72. The van der Waals surface area contributed by atoms with Gasteiger partial charge in [-0.2, -0.15) is 0 Å². The molecule has 0 amide bonds. The summed E-state index contributed by atoms with van der Waals surface area (Å²) < 4.78 is 0. The van der Waals surface area contributed by atoms with Gasteiger partial charge in [-0.05, 0) is 18.4 Å². The van der Waals surface area contributed by atoms with E-state index in [0.29, 0.717) is 0 Å². The Morgan fingerprint density at radius 2 is 2.00 bits per heavy atom. The average Bonchev–Trinajstić information content (AvgIpc) is 2.10. The van der Waals surface area contributed by atoms with Crippen LogP contribution in [0.2, 0.25) is 0 Å². The second-order valence-electron chi connectivity index (χ2n) is 2.68. The summed E-state index contributed by atoms with van der Waals surface area (Å²) in [6.07, 6.45) is 13.3. The van der Waals surface area contributed by atoms with E-state index in [0.717, 1.165) is 6.42 Å². The maximum Gasteiger partial charge on any atom is -0.0279 e. The van der Waals surface area contributed by atoms with Crippen molar-refractivity contribution in [3.8, 4) is 0 Å². The molecular formula is C12H18. The van der Waals surface area contributed by atoms with Gasteiger partial charge in [0.15, 0.2) is 0 Å². The topological polar surface area (TPSA) is 0 Å². The molecule has 0 unspecified atom stereocenters. The van der Waals surface area contributed by atoms with Gasteiger partial charge >= 0.3 is 0 Å². The lowest BCUT2D eigenvalue weighted by molar-refractivity contribution is 0.798. The lowest BCUT2D eigenvalue weighted by Gasteiger charge is -1.97. The summed E-state index contributed by atoms with van der Waals surface area (Å²) >= 11 is 0. The molecule has 0 aliphatic carbocycles. The van der Waals surface area contributed by atoms with Crippen molar-refractivity contribution in [2.45, 2.75) is 26.2 Å². The van der Waals surface area contributed by atoms with Crippen LogP contribution >= 0.6 is 0 Å². The maximum atomic E-state index is 3.68. The van der Waals surface area contributed by atoms with Gasteiger partial charge < -0.3 is 0 Å². The van der Waals surface area contributed by atoms with E-state index in [-0.39, 0.29) is 0 Å². The zero-order valence-electron chi connectivity index (χ0n) is 7.92. The van der Waals surface area contributed by atoms with Crippen molar-refractivity contribution in [1.82, 2.24) is 0 Å². The summed E-state index contributed by atoms with van der Waals surface area (Å²) in [5, 5.41) is 0. The van der Waals surface area contributed by atoms with Crippen LogP contribution in [0, 0.1) is 0 Å². The molecule has 0 heterocycles. The van der Waals surface area contributed by atoms with Gasteiger partial charge in [0, 0.05) is 0 Å². The first kappa shape index (κ1) is 11.0. The van der Waals surface area contributed by atoms with Crippen LogP contribution in [0.5, 0.6) is 0 Å². The fourth-order valence-electron chi connectivity index (χ4n) is 0.946. The van der Waals surface area contributed by atoms with Gasteiger partial charge in [0.1, 0.15) is 0 Å². The van der Waals surface area contributed by atoms with Gasteiger partial charge in [-0.1, -0.05) is 56.9 Å². The highest BCUT2D eigenvalue weighted by Gasteiger charge is 1.88. The molecule has 0 aliphatic heterocycles. The summed E-state index contributed by atoms with van der Waals surface area (Å²) in [7, 11) is 0. The Morgan fingerprint density at radius 3 is 2.50 bits per heavy atom. The van der Waals surface area contributed by atoms with E-state index < -0.39 is 0 Å². The molecule has 0 N–H and O–H groups in total. The van der Waals surface area contributed by atoms with Crippen molar-refractivity contribution >= 4 is 0 Å². The molecule has 0 radical (unpaired) electrons. The highest BCUT2D eigenvalue weighted by Crippen LogP contribution is 2.08. The Bertz CT molecular complexity index is 182. The third-order valence-electron chi connectivity index (χ3n) is 1.60. The van der Waals surface area contributed by atoms with E-state index in [9.17, 15) is 0 Å².